The van der Waals surface area contributed by atoms with Crippen LogP contribution in [0.15, 0.2) is 34.2 Å². The van der Waals surface area contributed by atoms with Crippen molar-refractivity contribution >= 4 is 28.6 Å². The largest absolute Gasteiger partial charge is 0.382 e. The lowest BCUT2D eigenvalue weighted by molar-refractivity contribution is -0.121. The van der Waals surface area contributed by atoms with Gasteiger partial charge >= 0.3 is 0 Å². The average Bonchev–Trinajstić information content (AvgIpc) is 2.74. The van der Waals surface area contributed by atoms with E-state index < -0.39 is 0 Å². The van der Waals surface area contributed by atoms with E-state index >= 15 is 0 Å². The Morgan fingerprint density at radius 1 is 1.33 bits per heavy atom. The topological polar surface area (TPSA) is 73.2 Å². The van der Waals surface area contributed by atoms with Crippen molar-refractivity contribution in [1.29, 1.82) is 0 Å². The third-order valence-corrected chi connectivity index (χ3v) is 6.88. The zero-order valence-electron chi connectivity index (χ0n) is 18.2. The van der Waals surface area contributed by atoms with Gasteiger partial charge in [0.15, 0.2) is 5.16 Å². The van der Waals surface area contributed by atoms with Crippen molar-refractivity contribution < 1.29 is 9.53 Å². The Labute approximate surface area is 182 Å². The molecule has 0 radical (unpaired) electrons. The summed E-state index contributed by atoms with van der Waals surface area (Å²) in [7, 11) is 0. The van der Waals surface area contributed by atoms with Gasteiger partial charge in [-0.3, -0.25) is 14.2 Å². The van der Waals surface area contributed by atoms with Crippen LogP contribution in [-0.4, -0.2) is 40.0 Å². The molecule has 164 valence electrons. The van der Waals surface area contributed by atoms with Crippen molar-refractivity contribution in [3.05, 3.63) is 34.6 Å². The van der Waals surface area contributed by atoms with E-state index in [1.165, 1.54) is 24.6 Å². The number of carbonyl (C=O) groups excluding carboxylic acids is 1. The van der Waals surface area contributed by atoms with E-state index in [2.05, 4.69) is 12.2 Å². The first-order chi connectivity index (χ1) is 14.5. The predicted octanol–water partition coefficient (Wildman–Crippen LogP) is 4.00. The fourth-order valence-corrected chi connectivity index (χ4v) is 4.89. The van der Waals surface area contributed by atoms with Gasteiger partial charge in [0, 0.05) is 25.8 Å². The summed E-state index contributed by atoms with van der Waals surface area (Å²) in [6.07, 6.45) is 5.34. The molecule has 1 fully saturated rings. The zero-order chi connectivity index (χ0) is 21.5. The Balaban J connectivity index is 1.78. The summed E-state index contributed by atoms with van der Waals surface area (Å²) >= 11 is 1.36. The highest BCUT2D eigenvalue weighted by Gasteiger charge is 2.26. The Bertz CT molecular complexity index is 914. The molecule has 2 aromatic rings. The number of hydrogen-bond donors (Lipinski definition) is 1. The van der Waals surface area contributed by atoms with Crippen molar-refractivity contribution in [2.24, 2.45) is 5.92 Å². The fraction of sp³-hybridized carbons (Fsp3) is 0.609. The molecule has 1 aromatic carbocycles. The van der Waals surface area contributed by atoms with Gasteiger partial charge in [-0.25, -0.2) is 4.98 Å². The highest BCUT2D eigenvalue weighted by Crippen LogP contribution is 2.26. The molecule has 0 bridgehead atoms. The summed E-state index contributed by atoms with van der Waals surface area (Å²) in [5.41, 5.74) is 0.604. The molecule has 1 amide bonds. The van der Waals surface area contributed by atoms with Gasteiger partial charge in [-0.1, -0.05) is 43.7 Å². The van der Waals surface area contributed by atoms with Crippen LogP contribution in [-0.2, 0) is 16.1 Å². The molecule has 1 N–H and O–H groups in total. The standard InChI is InChI=1S/C23H33N3O3S/c1-4-29-15-9-14-26-22(28)18-11-6-8-13-20(18)25-23(26)30-17(3)21(27)24-19-12-7-5-10-16(19)2/h6,8,11,13,16-17,19H,4-5,7,9-10,12,14-15H2,1-3H3,(H,24,27)/t16-,17+,19-/m0/s1. The molecular weight excluding hydrogens is 398 g/mol. The van der Waals surface area contributed by atoms with Gasteiger partial charge in [-0.2, -0.15) is 0 Å². The third-order valence-electron chi connectivity index (χ3n) is 5.79. The van der Waals surface area contributed by atoms with Crippen LogP contribution in [0.2, 0.25) is 0 Å². The number of benzene rings is 1. The van der Waals surface area contributed by atoms with E-state index in [-0.39, 0.29) is 22.8 Å². The van der Waals surface area contributed by atoms with E-state index in [9.17, 15) is 9.59 Å². The second kappa shape index (κ2) is 11.0. The highest BCUT2D eigenvalue weighted by atomic mass is 32.2. The molecule has 0 unspecified atom stereocenters. The van der Waals surface area contributed by atoms with E-state index in [0.717, 1.165) is 19.3 Å². The molecule has 1 heterocycles. The smallest absolute Gasteiger partial charge is 0.262 e. The summed E-state index contributed by atoms with van der Waals surface area (Å²) < 4.78 is 7.12. The summed E-state index contributed by atoms with van der Waals surface area (Å²) in [5, 5.41) is 4.09. The molecule has 1 aliphatic rings. The monoisotopic (exact) mass is 431 g/mol. The van der Waals surface area contributed by atoms with Crippen LogP contribution in [0.3, 0.4) is 0 Å². The number of hydrogen-bond acceptors (Lipinski definition) is 5. The second-order valence-electron chi connectivity index (χ2n) is 8.06. The molecule has 0 aliphatic heterocycles. The molecule has 7 heteroatoms. The highest BCUT2D eigenvalue weighted by molar-refractivity contribution is 8.00. The van der Waals surface area contributed by atoms with Crippen molar-refractivity contribution in [3.8, 4) is 0 Å². The number of para-hydroxylation sites is 1. The first-order valence-electron chi connectivity index (χ1n) is 11.1. The average molecular weight is 432 g/mol. The first-order valence-corrected chi connectivity index (χ1v) is 11.9. The second-order valence-corrected chi connectivity index (χ2v) is 9.36. The number of carbonyl (C=O) groups is 1. The van der Waals surface area contributed by atoms with E-state index in [4.69, 9.17) is 9.72 Å². The van der Waals surface area contributed by atoms with Crippen LogP contribution in [0.25, 0.3) is 10.9 Å². The van der Waals surface area contributed by atoms with Gasteiger partial charge in [-0.15, -0.1) is 0 Å². The number of amides is 1. The molecule has 1 saturated carbocycles. The molecule has 30 heavy (non-hydrogen) atoms. The molecule has 0 spiro atoms. The number of thioether (sulfide) groups is 1. The lowest BCUT2D eigenvalue weighted by Gasteiger charge is -2.30. The minimum absolute atomic E-state index is 0.0158. The molecule has 1 aromatic heterocycles. The SMILES string of the molecule is CCOCCCn1c(S[C@H](C)C(=O)N[C@H]2CCCC[C@@H]2C)nc2ccccc2c1=O. The number of ether oxygens (including phenoxy) is 1. The maximum atomic E-state index is 13.1. The molecule has 6 nitrogen and oxygen atoms in total. The number of rotatable bonds is 9. The quantitative estimate of drug-likeness (QED) is 0.369. The predicted molar refractivity (Wildman–Crippen MR) is 122 cm³/mol. The van der Waals surface area contributed by atoms with Crippen molar-refractivity contribution in [2.45, 2.75) is 75.9 Å². The van der Waals surface area contributed by atoms with Gasteiger partial charge in [0.05, 0.1) is 16.2 Å². The van der Waals surface area contributed by atoms with Gasteiger partial charge in [0.25, 0.3) is 5.56 Å². The van der Waals surface area contributed by atoms with Crippen molar-refractivity contribution in [2.75, 3.05) is 13.2 Å². The minimum atomic E-state index is -0.328. The van der Waals surface area contributed by atoms with Crippen LogP contribution in [0.4, 0.5) is 0 Å². The van der Waals surface area contributed by atoms with Crippen molar-refractivity contribution in [1.82, 2.24) is 14.9 Å². The molecule has 3 atom stereocenters. The maximum Gasteiger partial charge on any atom is 0.262 e. The van der Waals surface area contributed by atoms with E-state index in [1.807, 2.05) is 32.0 Å². The normalized spacial score (nSPS) is 20.2. The number of aromatic nitrogens is 2. The summed E-state index contributed by atoms with van der Waals surface area (Å²) in [6, 6.07) is 7.62. The summed E-state index contributed by atoms with van der Waals surface area (Å²) in [5.74, 6) is 0.525. The molecule has 3 rings (SSSR count). The molecular formula is C23H33N3O3S. The first kappa shape index (κ1) is 22.8. The Hall–Kier alpha value is -1.86. The lowest BCUT2D eigenvalue weighted by atomic mass is 9.86. The fourth-order valence-electron chi connectivity index (χ4n) is 3.95. The summed E-state index contributed by atoms with van der Waals surface area (Å²) in [6.45, 7) is 7.83. The van der Waals surface area contributed by atoms with Gasteiger partial charge < -0.3 is 10.1 Å². The van der Waals surface area contributed by atoms with Gasteiger partial charge in [0.2, 0.25) is 5.91 Å². The maximum absolute atomic E-state index is 13.1. The third kappa shape index (κ3) is 5.64. The van der Waals surface area contributed by atoms with Gasteiger partial charge in [-0.05, 0) is 51.2 Å². The Morgan fingerprint density at radius 2 is 2.10 bits per heavy atom. The minimum Gasteiger partial charge on any atom is -0.382 e. The van der Waals surface area contributed by atoms with Crippen LogP contribution < -0.4 is 10.9 Å². The molecule has 0 saturated heterocycles. The van der Waals surface area contributed by atoms with Crippen LogP contribution in [0.5, 0.6) is 0 Å². The lowest BCUT2D eigenvalue weighted by Crippen LogP contribution is -2.44. The van der Waals surface area contributed by atoms with Gasteiger partial charge in [0.1, 0.15) is 0 Å². The number of nitrogens with one attached hydrogen (secondary N) is 1. The van der Waals surface area contributed by atoms with Crippen LogP contribution in [0.1, 0.15) is 52.9 Å². The summed E-state index contributed by atoms with van der Waals surface area (Å²) in [4.78, 5) is 30.7. The van der Waals surface area contributed by atoms with E-state index in [1.54, 1.807) is 10.6 Å². The van der Waals surface area contributed by atoms with Crippen LogP contribution in [0, 0.1) is 5.92 Å². The van der Waals surface area contributed by atoms with Crippen LogP contribution >= 0.6 is 11.8 Å². The molecule has 1 aliphatic carbocycles. The Kier molecular flexibility index (Phi) is 8.33. The zero-order valence-corrected chi connectivity index (χ0v) is 19.0. The Morgan fingerprint density at radius 3 is 2.87 bits per heavy atom. The number of fused-ring (bicyclic) bond motifs is 1. The van der Waals surface area contributed by atoms with E-state index in [0.29, 0.717) is 41.7 Å². The number of nitrogens with zero attached hydrogens (tertiary/aromatic N) is 2. The van der Waals surface area contributed by atoms with Crippen molar-refractivity contribution in [3.63, 3.8) is 0 Å².